The second kappa shape index (κ2) is 5.58. The van der Waals surface area contributed by atoms with Crippen molar-refractivity contribution in [2.24, 2.45) is 0 Å². The number of rotatable bonds is 4. The van der Waals surface area contributed by atoms with Gasteiger partial charge in [0, 0.05) is 23.7 Å². The number of benzene rings is 1. The smallest absolute Gasteiger partial charge is 0.340 e. The lowest BCUT2D eigenvalue weighted by atomic mass is 10.2. The number of nitrogens with two attached hydrogens (primary N) is 1. The van der Waals surface area contributed by atoms with Crippen molar-refractivity contribution in [2.75, 3.05) is 18.9 Å². The van der Waals surface area contributed by atoms with Crippen molar-refractivity contribution < 1.29 is 14.6 Å². The molecule has 0 atom stereocenters. The number of aliphatic hydroxyl groups excluding tert-OH is 1. The molecular formula is C10H12ClNO3. The summed E-state index contributed by atoms with van der Waals surface area (Å²) in [5.41, 5.74) is 6.16. The molecule has 1 aromatic rings. The average molecular weight is 230 g/mol. The Morgan fingerprint density at radius 2 is 2.27 bits per heavy atom. The molecule has 0 amide bonds. The molecule has 1 aromatic carbocycles. The van der Waals surface area contributed by atoms with Gasteiger partial charge in [-0.25, -0.2) is 4.79 Å². The highest BCUT2D eigenvalue weighted by atomic mass is 35.5. The molecule has 0 aliphatic heterocycles. The number of carbonyl (C=O) groups is 1. The Balaban J connectivity index is 2.68. The Labute approximate surface area is 92.6 Å². The van der Waals surface area contributed by atoms with E-state index >= 15 is 0 Å². The fourth-order valence-electron chi connectivity index (χ4n) is 1.01. The summed E-state index contributed by atoms with van der Waals surface area (Å²) in [5.74, 6) is -0.525. The first kappa shape index (κ1) is 11.8. The van der Waals surface area contributed by atoms with Crippen LogP contribution >= 0.6 is 11.6 Å². The van der Waals surface area contributed by atoms with Crippen LogP contribution in [0.1, 0.15) is 16.8 Å². The maximum atomic E-state index is 11.5. The quantitative estimate of drug-likeness (QED) is 0.466. The first-order chi connectivity index (χ1) is 7.15. The third-order valence-corrected chi connectivity index (χ3v) is 2.01. The van der Waals surface area contributed by atoms with Gasteiger partial charge in [0.05, 0.1) is 12.2 Å². The first-order valence-electron chi connectivity index (χ1n) is 4.48. The fraction of sp³-hybridized carbons (Fsp3) is 0.300. The van der Waals surface area contributed by atoms with Gasteiger partial charge in [-0.2, -0.15) is 0 Å². The van der Waals surface area contributed by atoms with Gasteiger partial charge in [-0.3, -0.25) is 0 Å². The zero-order valence-corrected chi connectivity index (χ0v) is 8.83. The summed E-state index contributed by atoms with van der Waals surface area (Å²) in [7, 11) is 0. The van der Waals surface area contributed by atoms with Gasteiger partial charge in [0.2, 0.25) is 0 Å². The average Bonchev–Trinajstić information content (AvgIpc) is 2.22. The zero-order valence-electron chi connectivity index (χ0n) is 8.07. The number of halogens is 1. The molecule has 0 aliphatic carbocycles. The van der Waals surface area contributed by atoms with Crippen LogP contribution in [0.15, 0.2) is 18.2 Å². The van der Waals surface area contributed by atoms with E-state index in [0.29, 0.717) is 17.1 Å². The Hall–Kier alpha value is -1.26. The zero-order chi connectivity index (χ0) is 11.3. The lowest BCUT2D eigenvalue weighted by Gasteiger charge is -2.06. The van der Waals surface area contributed by atoms with Crippen LogP contribution in [-0.4, -0.2) is 24.3 Å². The monoisotopic (exact) mass is 229 g/mol. The van der Waals surface area contributed by atoms with Crippen LogP contribution in [0.3, 0.4) is 0 Å². The van der Waals surface area contributed by atoms with Gasteiger partial charge in [-0.05, 0) is 18.2 Å². The van der Waals surface area contributed by atoms with Crippen LogP contribution in [0.2, 0.25) is 5.02 Å². The summed E-state index contributed by atoms with van der Waals surface area (Å²) in [5, 5.41) is 8.94. The molecule has 82 valence electrons. The van der Waals surface area contributed by atoms with Crippen LogP contribution < -0.4 is 5.73 Å². The van der Waals surface area contributed by atoms with Crippen LogP contribution in [0.25, 0.3) is 0 Å². The second-order valence-corrected chi connectivity index (χ2v) is 3.38. The molecule has 1 rings (SSSR count). The largest absolute Gasteiger partial charge is 0.462 e. The van der Waals surface area contributed by atoms with E-state index in [1.54, 1.807) is 12.1 Å². The SMILES string of the molecule is Nc1ccc(Cl)cc1C(=O)OCCCO. The van der Waals surface area contributed by atoms with Crippen molar-refractivity contribution in [1.29, 1.82) is 0 Å². The normalized spacial score (nSPS) is 10.0. The number of hydrogen-bond donors (Lipinski definition) is 2. The Morgan fingerprint density at radius 1 is 1.53 bits per heavy atom. The molecule has 3 N–H and O–H groups in total. The van der Waals surface area contributed by atoms with Crippen molar-refractivity contribution in [3.63, 3.8) is 0 Å². The topological polar surface area (TPSA) is 72.6 Å². The van der Waals surface area contributed by atoms with Gasteiger partial charge < -0.3 is 15.6 Å². The second-order valence-electron chi connectivity index (χ2n) is 2.94. The summed E-state index contributed by atoms with van der Waals surface area (Å²) in [6.45, 7) is 0.152. The molecule has 0 saturated carbocycles. The summed E-state index contributed by atoms with van der Waals surface area (Å²) >= 11 is 5.72. The first-order valence-corrected chi connectivity index (χ1v) is 4.86. The number of hydrogen-bond acceptors (Lipinski definition) is 4. The van der Waals surface area contributed by atoms with Gasteiger partial charge in [0.1, 0.15) is 0 Å². The van der Waals surface area contributed by atoms with E-state index in [4.69, 9.17) is 27.2 Å². The minimum Gasteiger partial charge on any atom is -0.462 e. The van der Waals surface area contributed by atoms with Crippen LogP contribution in [0.5, 0.6) is 0 Å². The van der Waals surface area contributed by atoms with Crippen molar-refractivity contribution in [3.8, 4) is 0 Å². The Morgan fingerprint density at radius 3 is 2.93 bits per heavy atom. The maximum absolute atomic E-state index is 11.5. The highest BCUT2D eigenvalue weighted by Crippen LogP contribution is 2.18. The van der Waals surface area contributed by atoms with Gasteiger partial charge in [-0.1, -0.05) is 11.6 Å². The van der Waals surface area contributed by atoms with Crippen LogP contribution in [0, 0.1) is 0 Å². The van der Waals surface area contributed by atoms with E-state index in [-0.39, 0.29) is 18.8 Å². The van der Waals surface area contributed by atoms with Crippen LogP contribution in [-0.2, 0) is 4.74 Å². The third kappa shape index (κ3) is 3.42. The molecule has 0 fully saturated rings. The van der Waals surface area contributed by atoms with Crippen LogP contribution in [0.4, 0.5) is 5.69 Å². The van der Waals surface area contributed by atoms with E-state index in [9.17, 15) is 4.79 Å². The molecule has 0 unspecified atom stereocenters. The molecule has 0 aromatic heterocycles. The number of aliphatic hydroxyl groups is 1. The summed E-state index contributed by atoms with van der Waals surface area (Å²) in [6.07, 6.45) is 0.409. The van der Waals surface area contributed by atoms with E-state index in [1.807, 2.05) is 0 Å². The predicted molar refractivity (Wildman–Crippen MR) is 57.8 cm³/mol. The van der Waals surface area contributed by atoms with E-state index in [2.05, 4.69) is 0 Å². The minimum absolute atomic E-state index is 0.0156. The van der Waals surface area contributed by atoms with Gasteiger partial charge in [0.15, 0.2) is 0 Å². The van der Waals surface area contributed by atoms with Crippen molar-refractivity contribution in [3.05, 3.63) is 28.8 Å². The molecule has 0 heterocycles. The molecule has 15 heavy (non-hydrogen) atoms. The number of ether oxygens (including phenoxy) is 1. The molecule has 0 radical (unpaired) electrons. The lowest BCUT2D eigenvalue weighted by Crippen LogP contribution is -2.09. The van der Waals surface area contributed by atoms with Gasteiger partial charge in [-0.15, -0.1) is 0 Å². The number of esters is 1. The van der Waals surface area contributed by atoms with E-state index in [1.165, 1.54) is 6.07 Å². The fourth-order valence-corrected chi connectivity index (χ4v) is 1.18. The van der Waals surface area contributed by atoms with E-state index < -0.39 is 5.97 Å². The summed E-state index contributed by atoms with van der Waals surface area (Å²) in [6, 6.07) is 4.60. The number of anilines is 1. The molecule has 0 saturated heterocycles. The number of nitrogen functional groups attached to an aromatic ring is 1. The molecule has 0 aliphatic rings. The highest BCUT2D eigenvalue weighted by molar-refractivity contribution is 6.31. The van der Waals surface area contributed by atoms with Crippen molar-refractivity contribution in [2.45, 2.75) is 6.42 Å². The molecule has 0 bridgehead atoms. The van der Waals surface area contributed by atoms with Gasteiger partial charge in [0.25, 0.3) is 0 Å². The molecule has 4 nitrogen and oxygen atoms in total. The Kier molecular flexibility index (Phi) is 4.39. The van der Waals surface area contributed by atoms with Crippen molar-refractivity contribution >= 4 is 23.3 Å². The molecular weight excluding hydrogens is 218 g/mol. The van der Waals surface area contributed by atoms with Gasteiger partial charge >= 0.3 is 5.97 Å². The van der Waals surface area contributed by atoms with Crippen molar-refractivity contribution in [1.82, 2.24) is 0 Å². The minimum atomic E-state index is -0.525. The standard InChI is InChI=1S/C10H12ClNO3/c11-7-2-3-9(12)8(6-7)10(14)15-5-1-4-13/h2-3,6,13H,1,4-5,12H2. The highest BCUT2D eigenvalue weighted by Gasteiger charge is 2.11. The third-order valence-electron chi connectivity index (χ3n) is 1.77. The summed E-state index contributed by atoms with van der Waals surface area (Å²) < 4.78 is 4.87. The molecule has 0 spiro atoms. The van der Waals surface area contributed by atoms with E-state index in [0.717, 1.165) is 0 Å². The molecule has 5 heteroatoms. The lowest BCUT2D eigenvalue weighted by molar-refractivity contribution is 0.0483. The predicted octanol–water partition coefficient (Wildman–Crippen LogP) is 1.46. The number of carbonyl (C=O) groups excluding carboxylic acids is 1. The Bertz CT molecular complexity index is 355. The summed E-state index contributed by atoms with van der Waals surface area (Å²) in [4.78, 5) is 11.5. The maximum Gasteiger partial charge on any atom is 0.340 e.